The Morgan fingerprint density at radius 3 is 2.74 bits per heavy atom. The Labute approximate surface area is 190 Å². The molecule has 1 N–H and O–H groups in total. The average Bonchev–Trinajstić information content (AvgIpc) is 3.19. The highest BCUT2D eigenvalue weighted by atomic mass is 35.5. The maximum atomic E-state index is 12.7. The van der Waals surface area contributed by atoms with Gasteiger partial charge in [-0.2, -0.15) is 0 Å². The fraction of sp³-hybridized carbons (Fsp3) is 0.455. The smallest absolute Gasteiger partial charge is 0.223 e. The van der Waals surface area contributed by atoms with Gasteiger partial charge in [0.05, 0.1) is 10.0 Å². The second-order valence-corrected chi connectivity index (χ2v) is 9.05. The highest BCUT2D eigenvalue weighted by molar-refractivity contribution is 6.42. The van der Waals surface area contributed by atoms with Crippen molar-refractivity contribution in [1.82, 2.24) is 24.8 Å². The normalized spacial score (nSPS) is 17.0. The number of amides is 1. The van der Waals surface area contributed by atoms with Gasteiger partial charge in [-0.15, -0.1) is 0 Å². The number of aromatic nitrogens is 4. The van der Waals surface area contributed by atoms with Gasteiger partial charge in [-0.1, -0.05) is 29.3 Å². The lowest BCUT2D eigenvalue weighted by atomic mass is 9.95. The number of carbonyl (C=O) groups is 1. The maximum Gasteiger partial charge on any atom is 0.223 e. The second kappa shape index (κ2) is 8.63. The number of nitrogens with one attached hydrogen (secondary N) is 1. The van der Waals surface area contributed by atoms with Crippen molar-refractivity contribution in [3.63, 3.8) is 0 Å². The van der Waals surface area contributed by atoms with Crippen LogP contribution >= 0.6 is 23.2 Å². The molecule has 162 valence electrons. The number of benzene rings is 1. The summed E-state index contributed by atoms with van der Waals surface area (Å²) in [5.74, 6) is 2.07. The molecule has 1 aromatic carbocycles. The van der Waals surface area contributed by atoms with E-state index in [1.165, 1.54) is 12.8 Å². The van der Waals surface area contributed by atoms with E-state index in [4.69, 9.17) is 28.2 Å². The standard InChI is InChI=1S/C22H24Cl2N6O/c23-16-5-4-14(11-17(16)24)12-25-22(31)15-6-9-29(10-7-15)20-19-21(27-13-26-20)30-8-2-1-3-18(30)28-19/h4-5,11,13,15H,1-3,6-10,12H2,(H,25,31). The quantitative estimate of drug-likeness (QED) is 0.639. The van der Waals surface area contributed by atoms with Gasteiger partial charge in [-0.3, -0.25) is 4.79 Å². The van der Waals surface area contributed by atoms with Crippen molar-refractivity contribution in [1.29, 1.82) is 0 Å². The summed E-state index contributed by atoms with van der Waals surface area (Å²) in [6.07, 6.45) is 6.54. The Morgan fingerprint density at radius 1 is 1.10 bits per heavy atom. The molecule has 2 aliphatic heterocycles. The number of fused-ring (bicyclic) bond motifs is 3. The molecule has 7 nitrogen and oxygen atoms in total. The summed E-state index contributed by atoms with van der Waals surface area (Å²) in [5, 5.41) is 4.05. The number of imidazole rings is 1. The van der Waals surface area contributed by atoms with Crippen LogP contribution in [0.3, 0.4) is 0 Å². The molecule has 0 saturated carbocycles. The molecule has 0 atom stereocenters. The molecule has 4 heterocycles. The first-order valence-corrected chi connectivity index (χ1v) is 11.5. The second-order valence-electron chi connectivity index (χ2n) is 8.23. The van der Waals surface area contributed by atoms with E-state index in [1.807, 2.05) is 6.07 Å². The number of hydrogen-bond donors (Lipinski definition) is 1. The van der Waals surface area contributed by atoms with E-state index in [2.05, 4.69) is 24.8 Å². The van der Waals surface area contributed by atoms with Gasteiger partial charge in [0.2, 0.25) is 5.91 Å². The molecule has 0 aliphatic carbocycles. The van der Waals surface area contributed by atoms with E-state index in [0.29, 0.717) is 16.6 Å². The molecule has 9 heteroatoms. The maximum absolute atomic E-state index is 12.7. The minimum Gasteiger partial charge on any atom is -0.355 e. The number of aryl methyl sites for hydroxylation is 2. The third-order valence-corrected chi connectivity index (χ3v) is 6.98. The Morgan fingerprint density at radius 2 is 1.94 bits per heavy atom. The van der Waals surface area contributed by atoms with E-state index in [9.17, 15) is 4.79 Å². The molecular formula is C22H24Cl2N6O. The molecule has 1 amide bonds. The lowest BCUT2D eigenvalue weighted by Crippen LogP contribution is -2.40. The summed E-state index contributed by atoms with van der Waals surface area (Å²) in [4.78, 5) is 28.8. The molecule has 1 saturated heterocycles. The molecule has 0 unspecified atom stereocenters. The molecule has 1 fully saturated rings. The summed E-state index contributed by atoms with van der Waals surface area (Å²) in [5.41, 5.74) is 2.76. The van der Waals surface area contributed by atoms with Crippen LogP contribution < -0.4 is 10.2 Å². The molecule has 0 radical (unpaired) electrons. The Bertz CT molecular complexity index is 1120. The first-order valence-electron chi connectivity index (χ1n) is 10.8. The monoisotopic (exact) mass is 458 g/mol. The highest BCUT2D eigenvalue weighted by Gasteiger charge is 2.28. The van der Waals surface area contributed by atoms with Crippen molar-refractivity contribution in [3.05, 3.63) is 46.0 Å². The Kier molecular flexibility index (Phi) is 5.71. The average molecular weight is 459 g/mol. The van der Waals surface area contributed by atoms with Crippen LogP contribution in [-0.2, 0) is 24.3 Å². The van der Waals surface area contributed by atoms with Gasteiger partial charge in [0.25, 0.3) is 0 Å². The van der Waals surface area contributed by atoms with E-state index in [-0.39, 0.29) is 11.8 Å². The number of carbonyl (C=O) groups excluding carboxylic acids is 1. The summed E-state index contributed by atoms with van der Waals surface area (Å²) < 4.78 is 2.23. The summed E-state index contributed by atoms with van der Waals surface area (Å²) in [7, 11) is 0. The fourth-order valence-electron chi connectivity index (χ4n) is 4.52. The van der Waals surface area contributed by atoms with Gasteiger partial charge in [0, 0.05) is 38.5 Å². The summed E-state index contributed by atoms with van der Waals surface area (Å²) >= 11 is 12.0. The molecule has 31 heavy (non-hydrogen) atoms. The largest absolute Gasteiger partial charge is 0.355 e. The van der Waals surface area contributed by atoms with Crippen LogP contribution in [0.5, 0.6) is 0 Å². The van der Waals surface area contributed by atoms with Crippen molar-refractivity contribution in [3.8, 4) is 0 Å². The summed E-state index contributed by atoms with van der Waals surface area (Å²) in [6, 6.07) is 5.42. The van der Waals surface area contributed by atoms with Crippen LogP contribution in [0.4, 0.5) is 5.82 Å². The Balaban J connectivity index is 1.23. The van der Waals surface area contributed by atoms with Crippen molar-refractivity contribution in [2.75, 3.05) is 18.0 Å². The van der Waals surface area contributed by atoms with E-state index < -0.39 is 0 Å². The molecule has 2 aliphatic rings. The van der Waals surface area contributed by atoms with Crippen molar-refractivity contribution in [2.24, 2.45) is 5.92 Å². The van der Waals surface area contributed by atoms with Crippen LogP contribution in [0.2, 0.25) is 10.0 Å². The first-order chi connectivity index (χ1) is 15.1. The Hall–Kier alpha value is -2.38. The van der Waals surface area contributed by atoms with Gasteiger partial charge >= 0.3 is 0 Å². The number of nitrogens with zero attached hydrogens (tertiary/aromatic N) is 5. The number of halogens is 2. The van der Waals surface area contributed by atoms with Gasteiger partial charge in [0.15, 0.2) is 17.0 Å². The first kappa shape index (κ1) is 20.5. The molecule has 3 aromatic rings. The van der Waals surface area contributed by atoms with E-state index in [1.54, 1.807) is 18.5 Å². The lowest BCUT2D eigenvalue weighted by molar-refractivity contribution is -0.125. The fourth-order valence-corrected chi connectivity index (χ4v) is 4.84. The van der Waals surface area contributed by atoms with Gasteiger partial charge in [-0.25, -0.2) is 15.0 Å². The molecular weight excluding hydrogens is 435 g/mol. The van der Waals surface area contributed by atoms with Gasteiger partial charge in [-0.05, 0) is 43.4 Å². The van der Waals surface area contributed by atoms with Gasteiger partial charge in [0.1, 0.15) is 12.2 Å². The number of piperidine rings is 1. The van der Waals surface area contributed by atoms with Crippen LogP contribution in [-0.4, -0.2) is 38.5 Å². The highest BCUT2D eigenvalue weighted by Crippen LogP contribution is 2.29. The minimum atomic E-state index is -0.00782. The molecule has 0 bridgehead atoms. The number of anilines is 1. The van der Waals surface area contributed by atoms with Crippen molar-refractivity contribution < 1.29 is 4.79 Å². The predicted octanol–water partition coefficient (Wildman–Crippen LogP) is 4.00. The zero-order chi connectivity index (χ0) is 21.4. The number of rotatable bonds is 4. The zero-order valence-electron chi connectivity index (χ0n) is 17.2. The number of hydrogen-bond acceptors (Lipinski definition) is 5. The van der Waals surface area contributed by atoms with Gasteiger partial charge < -0.3 is 14.8 Å². The molecule has 5 rings (SSSR count). The van der Waals surface area contributed by atoms with Crippen LogP contribution in [0.15, 0.2) is 24.5 Å². The van der Waals surface area contributed by atoms with Crippen molar-refractivity contribution in [2.45, 2.75) is 45.2 Å². The van der Waals surface area contributed by atoms with E-state index >= 15 is 0 Å². The zero-order valence-corrected chi connectivity index (χ0v) is 18.7. The third kappa shape index (κ3) is 4.08. The van der Waals surface area contributed by atoms with Crippen LogP contribution in [0, 0.1) is 5.92 Å². The van der Waals surface area contributed by atoms with Crippen molar-refractivity contribution >= 4 is 46.1 Å². The lowest BCUT2D eigenvalue weighted by Gasteiger charge is -2.32. The van der Waals surface area contributed by atoms with Crippen LogP contribution in [0.25, 0.3) is 11.2 Å². The predicted molar refractivity (Wildman–Crippen MR) is 122 cm³/mol. The minimum absolute atomic E-state index is 0.00782. The molecule has 0 spiro atoms. The van der Waals surface area contributed by atoms with Crippen LogP contribution in [0.1, 0.15) is 37.1 Å². The van der Waals surface area contributed by atoms with E-state index in [0.717, 1.165) is 67.3 Å². The SMILES string of the molecule is O=C(NCc1ccc(Cl)c(Cl)c1)C1CCN(c2ncnc3c2nc2n3CCCC2)CC1. The summed E-state index contributed by atoms with van der Waals surface area (Å²) in [6.45, 7) is 2.98. The third-order valence-electron chi connectivity index (χ3n) is 6.24. The molecule has 2 aromatic heterocycles. The topological polar surface area (TPSA) is 75.9 Å².